The molecule has 1 fully saturated rings. The second-order valence-corrected chi connectivity index (χ2v) is 7.71. The third kappa shape index (κ3) is 3.07. The minimum atomic E-state index is -0.291. The van der Waals surface area contributed by atoms with E-state index in [1.54, 1.807) is 0 Å². The van der Waals surface area contributed by atoms with E-state index in [0.29, 0.717) is 30.3 Å². The van der Waals surface area contributed by atoms with Gasteiger partial charge in [-0.05, 0) is 60.4 Å². The van der Waals surface area contributed by atoms with Crippen molar-refractivity contribution >= 4 is 11.8 Å². The summed E-state index contributed by atoms with van der Waals surface area (Å²) < 4.78 is 5.29. The van der Waals surface area contributed by atoms with Gasteiger partial charge < -0.3 is 4.74 Å². The molecule has 0 heterocycles. The van der Waals surface area contributed by atoms with Crippen LogP contribution in [0.25, 0.3) is 0 Å². The van der Waals surface area contributed by atoms with Crippen LogP contribution in [0, 0.1) is 5.92 Å². The van der Waals surface area contributed by atoms with Crippen molar-refractivity contribution in [3.8, 4) is 5.75 Å². The molecule has 0 spiro atoms. The summed E-state index contributed by atoms with van der Waals surface area (Å²) in [7, 11) is 0. The maximum atomic E-state index is 12.1. The molecule has 0 aromatic heterocycles. The summed E-state index contributed by atoms with van der Waals surface area (Å²) in [6.07, 6.45) is 5.19. The van der Waals surface area contributed by atoms with Crippen LogP contribution in [-0.4, -0.2) is 11.8 Å². The summed E-state index contributed by atoms with van der Waals surface area (Å²) in [5.41, 5.74) is 3.95. The van der Waals surface area contributed by atoms with Crippen molar-refractivity contribution in [2.45, 2.75) is 50.9 Å². The number of esters is 1. The summed E-state index contributed by atoms with van der Waals surface area (Å²) in [5.74, 6) is 1.13. The van der Waals surface area contributed by atoms with Crippen molar-refractivity contribution in [2.24, 2.45) is 5.92 Å². The highest BCUT2D eigenvalue weighted by molar-refractivity contribution is 5.80. The summed E-state index contributed by atoms with van der Waals surface area (Å²) >= 11 is 0. The van der Waals surface area contributed by atoms with E-state index in [1.165, 1.54) is 23.6 Å². The first-order valence-corrected chi connectivity index (χ1v) is 9.44. The third-order valence-corrected chi connectivity index (χ3v) is 6.10. The average Bonchev–Trinajstić information content (AvgIpc) is 2.62. The topological polar surface area (TPSA) is 43.4 Å². The zero-order valence-corrected chi connectivity index (χ0v) is 15.2. The van der Waals surface area contributed by atoms with Crippen molar-refractivity contribution in [1.82, 2.24) is 0 Å². The number of Topliss-reactive ketones (excluding diaryl/α,β-unsaturated/α-hetero) is 1. The Morgan fingerprint density at radius 1 is 1.15 bits per heavy atom. The highest BCUT2D eigenvalue weighted by atomic mass is 16.5. The van der Waals surface area contributed by atoms with E-state index < -0.39 is 0 Å². The van der Waals surface area contributed by atoms with Gasteiger partial charge in [0.05, 0.1) is 0 Å². The van der Waals surface area contributed by atoms with E-state index in [-0.39, 0.29) is 11.4 Å². The van der Waals surface area contributed by atoms with Gasteiger partial charge in [0.2, 0.25) is 0 Å². The van der Waals surface area contributed by atoms with E-state index in [2.05, 4.69) is 30.3 Å². The number of hydrogen-bond donors (Lipinski definition) is 0. The van der Waals surface area contributed by atoms with E-state index in [1.807, 2.05) is 18.2 Å². The first-order valence-electron chi connectivity index (χ1n) is 9.44. The third-order valence-electron chi connectivity index (χ3n) is 6.10. The quantitative estimate of drug-likeness (QED) is 0.610. The van der Waals surface area contributed by atoms with Gasteiger partial charge >= 0.3 is 5.97 Å². The largest absolute Gasteiger partial charge is 0.427 e. The van der Waals surface area contributed by atoms with E-state index >= 15 is 0 Å². The molecule has 0 radical (unpaired) electrons. The molecule has 0 N–H and O–H groups in total. The Balaban J connectivity index is 1.77. The molecule has 26 heavy (non-hydrogen) atoms. The molecule has 134 valence electrons. The Morgan fingerprint density at radius 3 is 2.73 bits per heavy atom. The lowest BCUT2D eigenvalue weighted by molar-refractivity contribution is -0.132. The Hall–Kier alpha value is -2.42. The van der Waals surface area contributed by atoms with Crippen molar-refractivity contribution in [2.75, 3.05) is 0 Å². The van der Waals surface area contributed by atoms with Crippen LogP contribution in [0.1, 0.15) is 49.3 Å². The zero-order valence-electron chi connectivity index (χ0n) is 15.2. The minimum absolute atomic E-state index is 0.0115. The fraction of sp³-hybridized carbons (Fsp3) is 0.391. The molecule has 0 aliphatic heterocycles. The lowest BCUT2D eigenvalue weighted by Crippen LogP contribution is -2.45. The van der Waals surface area contributed by atoms with Crippen LogP contribution in [0.2, 0.25) is 0 Å². The molecule has 3 heteroatoms. The fourth-order valence-corrected chi connectivity index (χ4v) is 4.98. The van der Waals surface area contributed by atoms with Gasteiger partial charge in [-0.3, -0.25) is 9.59 Å². The zero-order chi connectivity index (χ0) is 18.1. The van der Waals surface area contributed by atoms with Crippen LogP contribution in [0.4, 0.5) is 0 Å². The fourth-order valence-electron chi connectivity index (χ4n) is 4.98. The molecule has 0 saturated heterocycles. The van der Waals surface area contributed by atoms with Gasteiger partial charge in [-0.25, -0.2) is 0 Å². The molecule has 2 aromatic carbocycles. The number of aryl methyl sites for hydroxylation is 1. The molecule has 2 aliphatic rings. The molecular formula is C23H24O3. The average molecular weight is 348 g/mol. The number of hydrogen-bond acceptors (Lipinski definition) is 3. The second kappa shape index (κ2) is 6.71. The van der Waals surface area contributed by atoms with Crippen LogP contribution >= 0.6 is 0 Å². The molecule has 0 amide bonds. The maximum absolute atomic E-state index is 12.1. The Bertz CT molecular complexity index is 840. The molecule has 1 saturated carbocycles. The van der Waals surface area contributed by atoms with Gasteiger partial charge in [0.15, 0.2) is 0 Å². The molecule has 2 aliphatic carbocycles. The summed E-state index contributed by atoms with van der Waals surface area (Å²) in [6, 6.07) is 16.7. The second-order valence-electron chi connectivity index (χ2n) is 7.71. The first-order chi connectivity index (χ1) is 12.6. The van der Waals surface area contributed by atoms with Gasteiger partial charge in [-0.2, -0.15) is 0 Å². The highest BCUT2D eigenvalue weighted by Crippen LogP contribution is 2.51. The highest BCUT2D eigenvalue weighted by Gasteiger charge is 2.47. The van der Waals surface area contributed by atoms with Crippen LogP contribution < -0.4 is 4.74 Å². The normalized spacial score (nSPS) is 24.5. The van der Waals surface area contributed by atoms with Crippen LogP contribution in [-0.2, 0) is 27.8 Å². The molecular weight excluding hydrogens is 324 g/mol. The lowest BCUT2D eigenvalue weighted by atomic mass is 9.55. The number of benzene rings is 2. The predicted octanol–water partition coefficient (Wildman–Crippen LogP) is 4.41. The predicted molar refractivity (Wildman–Crippen MR) is 100 cm³/mol. The van der Waals surface area contributed by atoms with E-state index in [4.69, 9.17) is 4.74 Å². The minimum Gasteiger partial charge on any atom is -0.427 e. The molecule has 3 nitrogen and oxygen atoms in total. The molecule has 2 atom stereocenters. The number of rotatable bonds is 3. The lowest BCUT2D eigenvalue weighted by Gasteiger charge is -2.48. The number of carbonyl (C=O) groups is 2. The maximum Gasteiger partial charge on any atom is 0.308 e. The van der Waals surface area contributed by atoms with Crippen molar-refractivity contribution in [3.05, 3.63) is 65.2 Å². The molecule has 0 unspecified atom stereocenters. The number of ketones is 1. The number of fused-ring (bicyclic) bond motifs is 3. The summed E-state index contributed by atoms with van der Waals surface area (Å²) in [6.45, 7) is 1.43. The summed E-state index contributed by atoms with van der Waals surface area (Å²) in [4.78, 5) is 23.4. The van der Waals surface area contributed by atoms with Crippen LogP contribution in [0.5, 0.6) is 5.75 Å². The Kier molecular flexibility index (Phi) is 4.39. The summed E-state index contributed by atoms with van der Waals surface area (Å²) in [5, 5.41) is 0. The van der Waals surface area contributed by atoms with Crippen molar-refractivity contribution in [1.29, 1.82) is 0 Å². The number of carbonyl (C=O) groups excluding carboxylic acids is 2. The monoisotopic (exact) mass is 348 g/mol. The SMILES string of the molecule is CC(=O)Oc1ccc2c(c1)CC[C@@H]1CC(=O)CC[C@@]21Cc1ccccc1. The molecule has 4 rings (SSSR count). The van der Waals surface area contributed by atoms with Crippen molar-refractivity contribution in [3.63, 3.8) is 0 Å². The molecule has 2 aromatic rings. The Labute approximate surface area is 154 Å². The number of ether oxygens (including phenoxy) is 1. The van der Waals surface area contributed by atoms with E-state index in [0.717, 1.165) is 25.7 Å². The van der Waals surface area contributed by atoms with Gasteiger partial charge in [0, 0.05) is 25.2 Å². The molecule has 0 bridgehead atoms. The van der Waals surface area contributed by atoms with Gasteiger partial charge in [-0.15, -0.1) is 0 Å². The van der Waals surface area contributed by atoms with Crippen LogP contribution in [0.15, 0.2) is 48.5 Å². The standard InChI is InChI=1S/C23H24O3/c1-16(24)26-21-9-10-22-18(13-21)7-8-19-14-20(25)11-12-23(19,22)15-17-5-3-2-4-6-17/h2-6,9-10,13,19H,7-8,11-12,14-15H2,1H3/t19-,23+/m1/s1. The van der Waals surface area contributed by atoms with Gasteiger partial charge in [0.1, 0.15) is 11.5 Å². The Morgan fingerprint density at radius 2 is 1.96 bits per heavy atom. The first kappa shape index (κ1) is 17.0. The van der Waals surface area contributed by atoms with E-state index in [9.17, 15) is 9.59 Å². The van der Waals surface area contributed by atoms with Crippen molar-refractivity contribution < 1.29 is 14.3 Å². The van der Waals surface area contributed by atoms with Gasteiger partial charge in [0.25, 0.3) is 0 Å². The smallest absolute Gasteiger partial charge is 0.308 e. The van der Waals surface area contributed by atoms with Gasteiger partial charge in [-0.1, -0.05) is 36.4 Å². The van der Waals surface area contributed by atoms with Crippen LogP contribution in [0.3, 0.4) is 0 Å².